The lowest BCUT2D eigenvalue weighted by molar-refractivity contribution is 0.414. The molecule has 0 bridgehead atoms. The van der Waals surface area contributed by atoms with E-state index in [0.29, 0.717) is 0 Å². The second-order valence-electron chi connectivity index (χ2n) is 1.69. The molecule has 0 amide bonds. The minimum Gasteiger partial charge on any atom is -0.308 e. The predicted molar refractivity (Wildman–Crippen MR) is 32.4 cm³/mol. The molecular weight excluding hydrogens is 112 g/mol. The van der Waals surface area contributed by atoms with E-state index in [1.165, 1.54) is 0 Å². The molecule has 0 rings (SSSR count). The standard InChI is InChI=1S/C4H11ClN2/c1-7(2)4-3-6-5/h6H,3-4H2,1-2H3. The van der Waals surface area contributed by atoms with Gasteiger partial charge < -0.3 is 4.90 Å². The van der Waals surface area contributed by atoms with E-state index in [0.717, 1.165) is 13.1 Å². The molecule has 44 valence electrons. The minimum atomic E-state index is 0.842. The number of hydrogen-bond donors (Lipinski definition) is 1. The summed E-state index contributed by atoms with van der Waals surface area (Å²) >= 11 is 5.17. The monoisotopic (exact) mass is 122 g/mol. The number of hydrogen-bond acceptors (Lipinski definition) is 2. The van der Waals surface area contributed by atoms with Crippen molar-refractivity contribution in [2.75, 3.05) is 27.2 Å². The molecule has 3 heteroatoms. The first-order valence-corrected chi connectivity index (χ1v) is 2.63. The predicted octanol–water partition coefficient (Wildman–Crippen LogP) is 0.291. The van der Waals surface area contributed by atoms with Gasteiger partial charge in [-0.05, 0) is 25.9 Å². The average molecular weight is 123 g/mol. The summed E-state index contributed by atoms with van der Waals surface area (Å²) in [5, 5.41) is 0. The van der Waals surface area contributed by atoms with Crippen molar-refractivity contribution in [2.24, 2.45) is 0 Å². The Morgan fingerprint density at radius 3 is 2.29 bits per heavy atom. The number of halogens is 1. The third kappa shape index (κ3) is 6.21. The van der Waals surface area contributed by atoms with Crippen LogP contribution in [0.15, 0.2) is 0 Å². The zero-order chi connectivity index (χ0) is 5.70. The largest absolute Gasteiger partial charge is 0.308 e. The number of rotatable bonds is 3. The summed E-state index contributed by atoms with van der Waals surface area (Å²) in [5.74, 6) is 0. The quantitative estimate of drug-likeness (QED) is 0.542. The molecule has 0 aliphatic rings. The molecule has 0 saturated carbocycles. The molecule has 0 aromatic rings. The summed E-state index contributed by atoms with van der Waals surface area (Å²) in [6.45, 7) is 1.83. The molecule has 0 heterocycles. The Balaban J connectivity index is 2.68. The van der Waals surface area contributed by atoms with Gasteiger partial charge >= 0.3 is 0 Å². The van der Waals surface area contributed by atoms with E-state index in [1.807, 2.05) is 14.1 Å². The molecular formula is C4H11ClN2. The third-order valence-corrected chi connectivity index (χ3v) is 0.842. The zero-order valence-electron chi connectivity index (χ0n) is 4.74. The number of likely N-dealkylation sites (N-methyl/N-ethyl adjacent to an activating group) is 1. The van der Waals surface area contributed by atoms with Gasteiger partial charge in [0.2, 0.25) is 0 Å². The Morgan fingerprint density at radius 2 is 2.14 bits per heavy atom. The van der Waals surface area contributed by atoms with Gasteiger partial charge in [-0.3, -0.25) is 0 Å². The summed E-state index contributed by atoms with van der Waals surface area (Å²) in [6, 6.07) is 0. The van der Waals surface area contributed by atoms with E-state index in [9.17, 15) is 0 Å². The molecule has 2 nitrogen and oxygen atoms in total. The second-order valence-corrected chi connectivity index (χ2v) is 1.95. The van der Waals surface area contributed by atoms with Crippen LogP contribution in [0.2, 0.25) is 0 Å². The highest BCUT2D eigenvalue weighted by Crippen LogP contribution is 1.69. The molecule has 0 unspecified atom stereocenters. The first-order valence-electron chi connectivity index (χ1n) is 2.25. The fourth-order valence-corrected chi connectivity index (χ4v) is 0.350. The van der Waals surface area contributed by atoms with E-state index in [-0.39, 0.29) is 0 Å². The first kappa shape index (κ1) is 7.21. The van der Waals surface area contributed by atoms with Crippen LogP contribution in [-0.4, -0.2) is 32.1 Å². The van der Waals surface area contributed by atoms with Crippen molar-refractivity contribution in [3.8, 4) is 0 Å². The van der Waals surface area contributed by atoms with E-state index < -0.39 is 0 Å². The average Bonchev–Trinajstić information content (AvgIpc) is 1.61. The minimum absolute atomic E-state index is 0.842. The fourth-order valence-electron chi connectivity index (χ4n) is 0.266. The Labute approximate surface area is 49.6 Å². The number of nitrogens with one attached hydrogen (secondary N) is 1. The Hall–Kier alpha value is 0.210. The first-order chi connectivity index (χ1) is 3.27. The maximum Gasteiger partial charge on any atom is 0.0235 e. The SMILES string of the molecule is CN(C)CCNCl. The van der Waals surface area contributed by atoms with Gasteiger partial charge in [-0.25, -0.2) is 4.84 Å². The lowest BCUT2D eigenvalue weighted by Crippen LogP contribution is -2.21. The van der Waals surface area contributed by atoms with E-state index in [1.54, 1.807) is 0 Å². The highest BCUT2D eigenvalue weighted by atomic mass is 35.5. The molecule has 7 heavy (non-hydrogen) atoms. The van der Waals surface area contributed by atoms with Crippen molar-refractivity contribution in [2.45, 2.75) is 0 Å². The van der Waals surface area contributed by atoms with E-state index >= 15 is 0 Å². The van der Waals surface area contributed by atoms with Gasteiger partial charge in [0, 0.05) is 13.1 Å². The maximum absolute atomic E-state index is 5.17. The van der Waals surface area contributed by atoms with Gasteiger partial charge in [-0.2, -0.15) is 0 Å². The van der Waals surface area contributed by atoms with E-state index in [2.05, 4.69) is 9.74 Å². The van der Waals surface area contributed by atoms with Crippen LogP contribution >= 0.6 is 11.8 Å². The maximum atomic E-state index is 5.17. The van der Waals surface area contributed by atoms with Crippen LogP contribution in [0.25, 0.3) is 0 Å². The zero-order valence-corrected chi connectivity index (χ0v) is 5.50. The van der Waals surface area contributed by atoms with Gasteiger partial charge in [-0.15, -0.1) is 0 Å². The molecule has 1 N–H and O–H groups in total. The molecule has 0 fully saturated rings. The van der Waals surface area contributed by atoms with Gasteiger partial charge in [0.25, 0.3) is 0 Å². The molecule has 0 radical (unpaired) electrons. The summed E-state index contributed by atoms with van der Waals surface area (Å²) in [6.07, 6.45) is 0. The lowest BCUT2D eigenvalue weighted by Gasteiger charge is -2.05. The van der Waals surface area contributed by atoms with Gasteiger partial charge in [-0.1, -0.05) is 0 Å². The molecule has 0 aromatic carbocycles. The van der Waals surface area contributed by atoms with E-state index in [4.69, 9.17) is 11.8 Å². The highest BCUT2D eigenvalue weighted by Gasteiger charge is 1.83. The Morgan fingerprint density at radius 1 is 1.57 bits per heavy atom. The van der Waals surface area contributed by atoms with Crippen LogP contribution in [0.3, 0.4) is 0 Å². The molecule has 0 aliphatic heterocycles. The van der Waals surface area contributed by atoms with Crippen molar-refractivity contribution in [1.82, 2.24) is 9.74 Å². The van der Waals surface area contributed by atoms with Crippen LogP contribution in [0.5, 0.6) is 0 Å². The van der Waals surface area contributed by atoms with Gasteiger partial charge in [0.1, 0.15) is 0 Å². The number of nitrogens with zero attached hydrogens (tertiary/aromatic N) is 1. The van der Waals surface area contributed by atoms with Crippen molar-refractivity contribution < 1.29 is 0 Å². The Bertz CT molecular complexity index is 38.7. The second kappa shape index (κ2) is 4.37. The summed E-state index contributed by atoms with van der Waals surface area (Å²) in [4.78, 5) is 4.59. The van der Waals surface area contributed by atoms with Crippen molar-refractivity contribution in [1.29, 1.82) is 0 Å². The van der Waals surface area contributed by atoms with Crippen LogP contribution in [0.1, 0.15) is 0 Å². The summed E-state index contributed by atoms with van der Waals surface area (Å²) in [5.41, 5.74) is 0. The van der Waals surface area contributed by atoms with Crippen LogP contribution in [0.4, 0.5) is 0 Å². The topological polar surface area (TPSA) is 15.3 Å². The van der Waals surface area contributed by atoms with Gasteiger partial charge in [0.15, 0.2) is 0 Å². The van der Waals surface area contributed by atoms with Crippen LogP contribution < -0.4 is 4.84 Å². The molecule has 0 saturated heterocycles. The highest BCUT2D eigenvalue weighted by molar-refractivity contribution is 6.13. The van der Waals surface area contributed by atoms with Crippen LogP contribution in [-0.2, 0) is 0 Å². The molecule has 0 aromatic heterocycles. The lowest BCUT2D eigenvalue weighted by atomic mass is 10.6. The van der Waals surface area contributed by atoms with Crippen molar-refractivity contribution >= 4 is 11.8 Å². The summed E-state index contributed by atoms with van der Waals surface area (Å²) < 4.78 is 0. The molecule has 0 spiro atoms. The Kier molecular flexibility index (Phi) is 4.50. The van der Waals surface area contributed by atoms with Gasteiger partial charge in [0.05, 0.1) is 0 Å². The normalized spacial score (nSPS) is 10.3. The third-order valence-electron chi connectivity index (χ3n) is 0.654. The van der Waals surface area contributed by atoms with Crippen molar-refractivity contribution in [3.63, 3.8) is 0 Å². The molecule has 0 atom stereocenters. The van der Waals surface area contributed by atoms with Crippen molar-refractivity contribution in [3.05, 3.63) is 0 Å². The van der Waals surface area contributed by atoms with Crippen LogP contribution in [0, 0.1) is 0 Å². The molecule has 0 aliphatic carbocycles. The summed E-state index contributed by atoms with van der Waals surface area (Å²) in [7, 11) is 4.02. The smallest absolute Gasteiger partial charge is 0.0235 e. The fraction of sp³-hybridized carbons (Fsp3) is 1.00.